The number of nitrogens with one attached hydrogen (secondary N) is 1. The summed E-state index contributed by atoms with van der Waals surface area (Å²) >= 11 is 0. The Balaban J connectivity index is 1.63. The van der Waals surface area contributed by atoms with Gasteiger partial charge in [0.2, 0.25) is 5.91 Å². The van der Waals surface area contributed by atoms with Crippen LogP contribution in [0.25, 0.3) is 0 Å². The highest BCUT2D eigenvalue weighted by Crippen LogP contribution is 2.30. The van der Waals surface area contributed by atoms with Gasteiger partial charge < -0.3 is 14.8 Å². The van der Waals surface area contributed by atoms with Crippen molar-refractivity contribution in [2.45, 2.75) is 26.2 Å². The van der Waals surface area contributed by atoms with Gasteiger partial charge in [0.15, 0.2) is 11.5 Å². The van der Waals surface area contributed by atoms with E-state index < -0.39 is 0 Å². The highest BCUT2D eigenvalue weighted by molar-refractivity contribution is 5.92. The zero-order chi connectivity index (χ0) is 16.2. The van der Waals surface area contributed by atoms with Crippen molar-refractivity contribution in [3.8, 4) is 11.5 Å². The maximum Gasteiger partial charge on any atom is 0.228 e. The predicted molar refractivity (Wildman–Crippen MR) is 90.3 cm³/mol. The predicted octanol–water partition coefficient (Wildman–Crippen LogP) is 3.76. The molecule has 2 aromatic carbocycles. The summed E-state index contributed by atoms with van der Waals surface area (Å²) in [5.41, 5.74) is 2.98. The third kappa shape index (κ3) is 3.83. The highest BCUT2D eigenvalue weighted by atomic mass is 16.6. The number of anilines is 1. The smallest absolute Gasteiger partial charge is 0.228 e. The van der Waals surface area contributed by atoms with Crippen LogP contribution in [0.3, 0.4) is 0 Å². The molecule has 1 aliphatic rings. The first-order chi connectivity index (χ1) is 11.1. The largest absolute Gasteiger partial charge is 0.486 e. The van der Waals surface area contributed by atoms with Crippen LogP contribution in [0.1, 0.15) is 30.9 Å². The van der Waals surface area contributed by atoms with Crippen molar-refractivity contribution in [2.75, 3.05) is 18.5 Å². The van der Waals surface area contributed by atoms with Crippen molar-refractivity contribution < 1.29 is 14.3 Å². The Bertz CT molecular complexity index is 692. The summed E-state index contributed by atoms with van der Waals surface area (Å²) in [5, 5.41) is 2.93. The van der Waals surface area contributed by atoms with Crippen molar-refractivity contribution in [3.63, 3.8) is 0 Å². The molecule has 4 nitrogen and oxygen atoms in total. The Morgan fingerprint density at radius 1 is 1.04 bits per heavy atom. The van der Waals surface area contributed by atoms with E-state index in [-0.39, 0.29) is 5.91 Å². The van der Waals surface area contributed by atoms with Crippen LogP contribution >= 0.6 is 0 Å². The van der Waals surface area contributed by atoms with Crippen LogP contribution in [-0.4, -0.2) is 19.1 Å². The first kappa shape index (κ1) is 15.4. The third-order valence-electron chi connectivity index (χ3n) is 3.83. The first-order valence-electron chi connectivity index (χ1n) is 7.90. The van der Waals surface area contributed by atoms with Crippen LogP contribution < -0.4 is 14.8 Å². The lowest BCUT2D eigenvalue weighted by Gasteiger charge is -2.18. The van der Waals surface area contributed by atoms with E-state index in [0.717, 1.165) is 17.0 Å². The number of hydrogen-bond donors (Lipinski definition) is 1. The lowest BCUT2D eigenvalue weighted by molar-refractivity contribution is -0.115. The van der Waals surface area contributed by atoms with Gasteiger partial charge in [0.25, 0.3) is 0 Å². The van der Waals surface area contributed by atoms with Gasteiger partial charge in [-0.3, -0.25) is 4.79 Å². The van der Waals surface area contributed by atoms with Gasteiger partial charge in [-0.15, -0.1) is 0 Å². The van der Waals surface area contributed by atoms with Gasteiger partial charge in [0.1, 0.15) is 13.2 Å². The maximum absolute atomic E-state index is 12.2. The van der Waals surface area contributed by atoms with Crippen LogP contribution in [-0.2, 0) is 11.2 Å². The van der Waals surface area contributed by atoms with E-state index in [2.05, 4.69) is 19.2 Å². The van der Waals surface area contributed by atoms with Crippen molar-refractivity contribution >= 4 is 11.6 Å². The molecule has 4 heteroatoms. The van der Waals surface area contributed by atoms with E-state index in [9.17, 15) is 4.79 Å². The number of carbonyl (C=O) groups excluding carboxylic acids is 1. The molecule has 0 radical (unpaired) electrons. The fourth-order valence-electron chi connectivity index (χ4n) is 2.54. The molecule has 1 aliphatic heterocycles. The Kier molecular flexibility index (Phi) is 4.51. The molecule has 120 valence electrons. The Labute approximate surface area is 136 Å². The monoisotopic (exact) mass is 311 g/mol. The molecule has 1 amide bonds. The number of hydrogen-bond acceptors (Lipinski definition) is 3. The quantitative estimate of drug-likeness (QED) is 0.935. The second kappa shape index (κ2) is 6.73. The first-order valence-corrected chi connectivity index (χ1v) is 7.90. The van der Waals surface area contributed by atoms with Crippen LogP contribution in [0.2, 0.25) is 0 Å². The third-order valence-corrected chi connectivity index (χ3v) is 3.83. The van der Waals surface area contributed by atoms with Gasteiger partial charge in [-0.2, -0.15) is 0 Å². The second-order valence-electron chi connectivity index (χ2n) is 5.98. The van der Waals surface area contributed by atoms with Crippen molar-refractivity contribution in [2.24, 2.45) is 0 Å². The molecule has 0 aromatic heterocycles. The summed E-state index contributed by atoms with van der Waals surface area (Å²) in [7, 11) is 0. The lowest BCUT2D eigenvalue weighted by Crippen LogP contribution is -2.17. The van der Waals surface area contributed by atoms with Crippen molar-refractivity contribution in [1.82, 2.24) is 0 Å². The van der Waals surface area contributed by atoms with Gasteiger partial charge in [0.05, 0.1) is 6.42 Å². The standard InChI is InChI=1S/C19H21NO3/c1-13(2)15-4-6-16(7-5-15)20-19(21)12-14-3-8-17-18(11-14)23-10-9-22-17/h3-8,11,13H,9-10,12H2,1-2H3,(H,20,21). The SMILES string of the molecule is CC(C)c1ccc(NC(=O)Cc2ccc3c(c2)OCCO3)cc1. The lowest BCUT2D eigenvalue weighted by atomic mass is 10.0. The van der Waals surface area contributed by atoms with Crippen LogP contribution in [0.5, 0.6) is 11.5 Å². The number of rotatable bonds is 4. The zero-order valence-electron chi connectivity index (χ0n) is 13.5. The van der Waals surface area contributed by atoms with E-state index >= 15 is 0 Å². The molecule has 0 aliphatic carbocycles. The molecule has 23 heavy (non-hydrogen) atoms. The number of ether oxygens (including phenoxy) is 2. The zero-order valence-corrected chi connectivity index (χ0v) is 13.5. The Morgan fingerprint density at radius 2 is 1.74 bits per heavy atom. The minimum atomic E-state index is -0.0426. The number of amides is 1. The molecule has 3 rings (SSSR count). The van der Waals surface area contributed by atoms with Crippen molar-refractivity contribution in [3.05, 3.63) is 53.6 Å². The highest BCUT2D eigenvalue weighted by Gasteiger charge is 2.13. The maximum atomic E-state index is 12.2. The molecule has 0 saturated carbocycles. The number of carbonyl (C=O) groups is 1. The van der Waals surface area contributed by atoms with E-state index in [4.69, 9.17) is 9.47 Å². The fourth-order valence-corrected chi connectivity index (χ4v) is 2.54. The molecule has 0 fully saturated rings. The molecule has 1 N–H and O–H groups in total. The van der Waals surface area contributed by atoms with Crippen LogP contribution in [0.15, 0.2) is 42.5 Å². The van der Waals surface area contributed by atoms with E-state index in [1.807, 2.05) is 42.5 Å². The van der Waals surface area contributed by atoms with Gasteiger partial charge in [-0.1, -0.05) is 32.0 Å². The van der Waals surface area contributed by atoms with Gasteiger partial charge >= 0.3 is 0 Å². The fraction of sp³-hybridized carbons (Fsp3) is 0.316. The molecule has 0 atom stereocenters. The van der Waals surface area contributed by atoms with Gasteiger partial charge in [0, 0.05) is 5.69 Å². The molecule has 0 spiro atoms. The molecular formula is C19H21NO3. The summed E-state index contributed by atoms with van der Waals surface area (Å²) < 4.78 is 11.0. The number of benzene rings is 2. The normalized spacial score (nSPS) is 13.0. The summed E-state index contributed by atoms with van der Waals surface area (Å²) in [6.07, 6.45) is 0.308. The van der Waals surface area contributed by atoms with E-state index in [0.29, 0.717) is 31.3 Å². The Morgan fingerprint density at radius 3 is 2.43 bits per heavy atom. The minimum absolute atomic E-state index is 0.0426. The van der Waals surface area contributed by atoms with Crippen molar-refractivity contribution in [1.29, 1.82) is 0 Å². The molecule has 0 unspecified atom stereocenters. The average Bonchev–Trinajstić information content (AvgIpc) is 2.55. The molecule has 0 saturated heterocycles. The summed E-state index contributed by atoms with van der Waals surface area (Å²) in [4.78, 5) is 12.2. The topological polar surface area (TPSA) is 47.6 Å². The molecule has 1 heterocycles. The Hall–Kier alpha value is -2.49. The second-order valence-corrected chi connectivity index (χ2v) is 5.98. The summed E-state index contributed by atoms with van der Waals surface area (Å²) in [6.45, 7) is 5.41. The minimum Gasteiger partial charge on any atom is -0.486 e. The number of fused-ring (bicyclic) bond motifs is 1. The van der Waals surface area contributed by atoms with Crippen LogP contribution in [0.4, 0.5) is 5.69 Å². The summed E-state index contributed by atoms with van der Waals surface area (Å²) in [5.74, 6) is 1.89. The molecule has 0 bridgehead atoms. The molecular weight excluding hydrogens is 290 g/mol. The van der Waals surface area contributed by atoms with E-state index in [1.54, 1.807) is 0 Å². The van der Waals surface area contributed by atoms with Crippen LogP contribution in [0, 0.1) is 0 Å². The summed E-state index contributed by atoms with van der Waals surface area (Å²) in [6, 6.07) is 13.6. The van der Waals surface area contributed by atoms with E-state index in [1.165, 1.54) is 5.56 Å². The van der Waals surface area contributed by atoms with Gasteiger partial charge in [-0.05, 0) is 41.3 Å². The molecule has 2 aromatic rings. The van der Waals surface area contributed by atoms with Gasteiger partial charge in [-0.25, -0.2) is 0 Å². The average molecular weight is 311 g/mol.